The third kappa shape index (κ3) is 2.19. The number of nitrogens with zero attached hydrogens (tertiary/aromatic N) is 1. The highest BCUT2D eigenvalue weighted by atomic mass is 15.0. The first kappa shape index (κ1) is 10.1. The van der Waals surface area contributed by atoms with Gasteiger partial charge >= 0.3 is 0 Å². The molecule has 16 heavy (non-hydrogen) atoms. The van der Waals surface area contributed by atoms with Crippen molar-refractivity contribution in [3.8, 4) is 0 Å². The van der Waals surface area contributed by atoms with Crippen molar-refractivity contribution in [1.29, 1.82) is 0 Å². The monoisotopic (exact) mass is 217 g/mol. The van der Waals surface area contributed by atoms with Crippen molar-refractivity contribution in [1.82, 2.24) is 10.3 Å². The number of hydrogen-bond donors (Lipinski definition) is 2. The maximum atomic E-state index is 4.48. The van der Waals surface area contributed by atoms with Gasteiger partial charge in [0, 0.05) is 23.8 Å². The van der Waals surface area contributed by atoms with E-state index in [4.69, 9.17) is 0 Å². The average molecular weight is 217 g/mol. The van der Waals surface area contributed by atoms with Crippen molar-refractivity contribution in [3.63, 3.8) is 0 Å². The zero-order valence-electron chi connectivity index (χ0n) is 9.58. The van der Waals surface area contributed by atoms with E-state index in [-0.39, 0.29) is 0 Å². The summed E-state index contributed by atoms with van der Waals surface area (Å²) in [5.41, 5.74) is 1.36. The first-order valence-electron chi connectivity index (χ1n) is 6.38. The lowest BCUT2D eigenvalue weighted by atomic mass is 9.98. The van der Waals surface area contributed by atoms with Crippen molar-refractivity contribution in [2.24, 2.45) is 0 Å². The van der Waals surface area contributed by atoms with Crippen molar-refractivity contribution in [3.05, 3.63) is 23.9 Å². The molecule has 0 spiro atoms. The molecule has 2 heterocycles. The molecular weight excluding hydrogens is 198 g/mol. The number of piperidine rings is 1. The van der Waals surface area contributed by atoms with Crippen LogP contribution in [0.3, 0.4) is 0 Å². The van der Waals surface area contributed by atoms with Crippen LogP contribution < -0.4 is 10.6 Å². The van der Waals surface area contributed by atoms with Gasteiger partial charge in [-0.05, 0) is 38.3 Å². The molecule has 2 fully saturated rings. The number of hydrogen-bond acceptors (Lipinski definition) is 3. The maximum Gasteiger partial charge on any atom is 0.130 e. The quantitative estimate of drug-likeness (QED) is 0.816. The second-order valence-electron chi connectivity index (χ2n) is 4.86. The number of pyridine rings is 1. The van der Waals surface area contributed by atoms with Crippen LogP contribution in [0, 0.1) is 0 Å². The van der Waals surface area contributed by atoms with Crippen molar-refractivity contribution in [2.75, 3.05) is 11.9 Å². The third-order valence-corrected chi connectivity index (χ3v) is 3.44. The highest BCUT2D eigenvalue weighted by Gasteiger charge is 2.24. The summed E-state index contributed by atoms with van der Waals surface area (Å²) in [6.45, 7) is 1.14. The summed E-state index contributed by atoms with van der Waals surface area (Å²) in [6, 6.07) is 5.44. The number of rotatable bonds is 3. The highest BCUT2D eigenvalue weighted by Crippen LogP contribution is 2.31. The Hall–Kier alpha value is -1.09. The second kappa shape index (κ2) is 4.42. The van der Waals surface area contributed by atoms with E-state index in [1.54, 1.807) is 0 Å². The second-order valence-corrected chi connectivity index (χ2v) is 4.86. The van der Waals surface area contributed by atoms with Gasteiger partial charge in [-0.1, -0.05) is 12.5 Å². The van der Waals surface area contributed by atoms with Crippen LogP contribution in [-0.4, -0.2) is 17.6 Å². The molecule has 1 aromatic rings. The van der Waals surface area contributed by atoms with Crippen LogP contribution in [0.1, 0.15) is 43.7 Å². The van der Waals surface area contributed by atoms with E-state index in [2.05, 4.69) is 21.7 Å². The van der Waals surface area contributed by atoms with Gasteiger partial charge in [0.15, 0.2) is 0 Å². The molecular formula is C13H19N3. The number of aromatic nitrogens is 1. The average Bonchev–Trinajstić information content (AvgIpc) is 3.15. The Morgan fingerprint density at radius 3 is 2.94 bits per heavy atom. The molecule has 86 valence electrons. The lowest BCUT2D eigenvalue weighted by Crippen LogP contribution is -2.27. The molecule has 3 nitrogen and oxygen atoms in total. The van der Waals surface area contributed by atoms with E-state index < -0.39 is 0 Å². The molecule has 0 amide bonds. The summed E-state index contributed by atoms with van der Waals surface area (Å²) in [7, 11) is 0. The molecule has 1 saturated heterocycles. The SMILES string of the molecule is c1cnc(NC2CC2)c(C2CCCCN2)c1. The van der Waals surface area contributed by atoms with E-state index in [9.17, 15) is 0 Å². The van der Waals surface area contributed by atoms with E-state index in [1.165, 1.54) is 37.7 Å². The highest BCUT2D eigenvalue weighted by molar-refractivity contribution is 5.47. The minimum atomic E-state index is 0.503. The Morgan fingerprint density at radius 1 is 1.25 bits per heavy atom. The topological polar surface area (TPSA) is 37.0 Å². The van der Waals surface area contributed by atoms with E-state index in [0.29, 0.717) is 12.1 Å². The van der Waals surface area contributed by atoms with Crippen molar-refractivity contribution in [2.45, 2.75) is 44.2 Å². The van der Waals surface area contributed by atoms with Crippen LogP contribution in [0.15, 0.2) is 18.3 Å². The zero-order valence-corrected chi connectivity index (χ0v) is 9.58. The molecule has 1 aliphatic heterocycles. The first-order chi connectivity index (χ1) is 7.93. The van der Waals surface area contributed by atoms with Crippen LogP contribution in [0.5, 0.6) is 0 Å². The fourth-order valence-corrected chi connectivity index (χ4v) is 2.36. The minimum Gasteiger partial charge on any atom is -0.367 e. The van der Waals surface area contributed by atoms with Crippen LogP contribution in [0.4, 0.5) is 5.82 Å². The smallest absolute Gasteiger partial charge is 0.130 e. The first-order valence-corrected chi connectivity index (χ1v) is 6.38. The Balaban J connectivity index is 1.79. The van der Waals surface area contributed by atoms with E-state index >= 15 is 0 Å². The molecule has 2 N–H and O–H groups in total. The van der Waals surface area contributed by atoms with Gasteiger partial charge in [-0.25, -0.2) is 4.98 Å². The fourth-order valence-electron chi connectivity index (χ4n) is 2.36. The molecule has 0 aromatic carbocycles. The molecule has 1 saturated carbocycles. The Bertz CT molecular complexity index is 354. The Kier molecular flexibility index (Phi) is 2.79. The van der Waals surface area contributed by atoms with Gasteiger partial charge in [-0.3, -0.25) is 0 Å². The summed E-state index contributed by atoms with van der Waals surface area (Å²) in [5.74, 6) is 1.10. The molecule has 1 aromatic heterocycles. The van der Waals surface area contributed by atoms with Crippen LogP contribution in [-0.2, 0) is 0 Å². The number of nitrogens with one attached hydrogen (secondary N) is 2. The molecule has 1 unspecified atom stereocenters. The summed E-state index contributed by atoms with van der Waals surface area (Å²) < 4.78 is 0. The third-order valence-electron chi connectivity index (χ3n) is 3.44. The molecule has 0 bridgehead atoms. The predicted octanol–water partition coefficient (Wildman–Crippen LogP) is 2.47. The summed E-state index contributed by atoms with van der Waals surface area (Å²) in [4.78, 5) is 4.48. The molecule has 1 atom stereocenters. The molecule has 3 heteroatoms. The molecule has 1 aliphatic carbocycles. The van der Waals surface area contributed by atoms with Gasteiger partial charge in [0.1, 0.15) is 5.82 Å². The van der Waals surface area contributed by atoms with Crippen LogP contribution in [0.25, 0.3) is 0 Å². The summed E-state index contributed by atoms with van der Waals surface area (Å²) >= 11 is 0. The fraction of sp³-hybridized carbons (Fsp3) is 0.615. The van der Waals surface area contributed by atoms with E-state index in [1.807, 2.05) is 12.3 Å². The molecule has 3 rings (SSSR count). The van der Waals surface area contributed by atoms with Gasteiger partial charge in [0.2, 0.25) is 0 Å². The summed E-state index contributed by atoms with van der Waals surface area (Å²) in [6.07, 6.45) is 8.36. The standard InChI is InChI=1S/C13H19N3/c1-2-8-14-12(5-1)11-4-3-9-15-13(11)16-10-6-7-10/h3-4,9-10,12,14H,1-2,5-8H2,(H,15,16). The van der Waals surface area contributed by atoms with Crippen molar-refractivity contribution >= 4 is 5.82 Å². The lowest BCUT2D eigenvalue weighted by molar-refractivity contribution is 0.412. The maximum absolute atomic E-state index is 4.48. The zero-order chi connectivity index (χ0) is 10.8. The lowest BCUT2D eigenvalue weighted by Gasteiger charge is -2.25. The van der Waals surface area contributed by atoms with Gasteiger partial charge in [0.25, 0.3) is 0 Å². The molecule has 0 radical (unpaired) electrons. The Morgan fingerprint density at radius 2 is 2.19 bits per heavy atom. The van der Waals surface area contributed by atoms with Gasteiger partial charge in [-0.15, -0.1) is 0 Å². The Labute approximate surface area is 96.7 Å². The molecule has 2 aliphatic rings. The van der Waals surface area contributed by atoms with Gasteiger partial charge in [-0.2, -0.15) is 0 Å². The van der Waals surface area contributed by atoms with Crippen LogP contribution in [0.2, 0.25) is 0 Å². The van der Waals surface area contributed by atoms with Gasteiger partial charge in [0.05, 0.1) is 0 Å². The largest absolute Gasteiger partial charge is 0.367 e. The normalized spacial score (nSPS) is 25.4. The summed E-state index contributed by atoms with van der Waals surface area (Å²) in [5, 5.41) is 7.12. The van der Waals surface area contributed by atoms with Crippen molar-refractivity contribution < 1.29 is 0 Å². The van der Waals surface area contributed by atoms with E-state index in [0.717, 1.165) is 12.4 Å². The predicted molar refractivity (Wildman–Crippen MR) is 65.5 cm³/mol. The number of anilines is 1. The van der Waals surface area contributed by atoms with Crippen LogP contribution >= 0.6 is 0 Å². The van der Waals surface area contributed by atoms with Gasteiger partial charge < -0.3 is 10.6 Å². The minimum absolute atomic E-state index is 0.503.